The fraction of sp³-hybridized carbons (Fsp3) is 0.345. The molecule has 184 valence electrons. The molecule has 0 saturated carbocycles. The predicted octanol–water partition coefficient (Wildman–Crippen LogP) is 4.79. The minimum Gasteiger partial charge on any atom is -0.406 e. The van der Waals surface area contributed by atoms with E-state index in [2.05, 4.69) is 81.4 Å². The van der Waals surface area contributed by atoms with Crippen molar-refractivity contribution < 1.29 is 9.22 Å². The average Bonchev–Trinajstić information content (AvgIpc) is 2.84. The van der Waals surface area contributed by atoms with Crippen LogP contribution in [0, 0.1) is 6.92 Å². The maximum Gasteiger partial charge on any atom is 0.324 e. The highest BCUT2D eigenvalue weighted by atomic mass is 28.4. The second-order valence-corrected chi connectivity index (χ2v) is 14.6. The maximum absolute atomic E-state index is 13.4. The first-order valence-corrected chi connectivity index (χ1v) is 14.3. The molecule has 1 saturated heterocycles. The Balaban J connectivity index is 1.57. The fourth-order valence-corrected chi connectivity index (χ4v) is 9.82. The molecule has 0 unspecified atom stereocenters. The number of urea groups is 1. The highest BCUT2D eigenvalue weighted by Gasteiger charge is 2.50. The third-order valence-corrected chi connectivity index (χ3v) is 12.0. The van der Waals surface area contributed by atoms with Crippen LogP contribution in [0.5, 0.6) is 0 Å². The number of hydrogen-bond acceptors (Lipinski definition) is 3. The summed E-state index contributed by atoms with van der Waals surface area (Å²) in [6, 6.07) is 27.0. The van der Waals surface area contributed by atoms with Crippen LogP contribution in [0.1, 0.15) is 32.8 Å². The zero-order chi connectivity index (χ0) is 25.1. The van der Waals surface area contributed by atoms with Gasteiger partial charge in [0.1, 0.15) is 0 Å². The number of nitrogens with two attached hydrogens (primary N) is 1. The lowest BCUT2D eigenvalue weighted by Gasteiger charge is -2.43. The molecule has 5 nitrogen and oxygen atoms in total. The molecule has 1 aliphatic rings. The van der Waals surface area contributed by atoms with Gasteiger partial charge in [0.15, 0.2) is 0 Å². The minimum absolute atomic E-state index is 0.0372. The number of nitrogens with zero attached hydrogens (tertiary/aromatic N) is 2. The van der Waals surface area contributed by atoms with Gasteiger partial charge in [-0.1, -0.05) is 81.4 Å². The number of hydrogen-bond donors (Lipinski definition) is 1. The van der Waals surface area contributed by atoms with Crippen molar-refractivity contribution in [3.8, 4) is 0 Å². The van der Waals surface area contributed by atoms with Crippen LogP contribution in [0.4, 0.5) is 16.2 Å². The molecule has 0 aromatic heterocycles. The average molecular weight is 488 g/mol. The normalized spacial score (nSPS) is 14.9. The van der Waals surface area contributed by atoms with Crippen LogP contribution < -0.4 is 21.0 Å². The quantitative estimate of drug-likeness (QED) is 0.385. The Hall–Kier alpha value is -3.09. The molecule has 3 aromatic carbocycles. The molecule has 35 heavy (non-hydrogen) atoms. The molecule has 0 bridgehead atoms. The van der Waals surface area contributed by atoms with Crippen molar-refractivity contribution in [2.45, 2.75) is 39.2 Å². The highest BCUT2D eigenvalue weighted by Crippen LogP contribution is 2.36. The molecule has 1 heterocycles. The fourth-order valence-electron chi connectivity index (χ4n) is 5.26. The van der Waals surface area contributed by atoms with E-state index in [0.717, 1.165) is 30.8 Å². The van der Waals surface area contributed by atoms with Gasteiger partial charge in [-0.25, -0.2) is 4.79 Å². The van der Waals surface area contributed by atoms with Crippen molar-refractivity contribution in [3.63, 3.8) is 0 Å². The van der Waals surface area contributed by atoms with Crippen molar-refractivity contribution in [1.29, 1.82) is 0 Å². The molecule has 2 N–H and O–H groups in total. The number of rotatable bonds is 7. The number of carbonyl (C=O) groups excluding carboxylic acids is 1. The van der Waals surface area contributed by atoms with Crippen LogP contribution in [0.2, 0.25) is 5.04 Å². The number of aryl methyl sites for hydroxylation is 1. The Kier molecular flexibility index (Phi) is 7.33. The molecule has 0 radical (unpaired) electrons. The summed E-state index contributed by atoms with van der Waals surface area (Å²) in [4.78, 5) is 17.2. The monoisotopic (exact) mass is 487 g/mol. The second kappa shape index (κ2) is 10.3. The van der Waals surface area contributed by atoms with Crippen molar-refractivity contribution in [3.05, 3.63) is 84.4 Å². The lowest BCUT2D eigenvalue weighted by atomic mass is 10.1. The first kappa shape index (κ1) is 25.0. The summed E-state index contributed by atoms with van der Waals surface area (Å²) in [5.41, 5.74) is 8.59. The first-order valence-electron chi connectivity index (χ1n) is 12.4. The van der Waals surface area contributed by atoms with Crippen molar-refractivity contribution >= 4 is 36.1 Å². The van der Waals surface area contributed by atoms with Gasteiger partial charge in [0.25, 0.3) is 8.32 Å². The topological polar surface area (TPSA) is 58.8 Å². The van der Waals surface area contributed by atoms with E-state index in [4.69, 9.17) is 10.2 Å². The molecule has 2 amide bonds. The molecule has 3 aromatic rings. The molecule has 0 atom stereocenters. The van der Waals surface area contributed by atoms with Crippen LogP contribution >= 0.6 is 0 Å². The van der Waals surface area contributed by atoms with Gasteiger partial charge in [-0.3, -0.25) is 4.90 Å². The largest absolute Gasteiger partial charge is 0.406 e. The zero-order valence-electron chi connectivity index (χ0n) is 21.3. The van der Waals surface area contributed by atoms with Gasteiger partial charge >= 0.3 is 6.03 Å². The van der Waals surface area contributed by atoms with Gasteiger partial charge < -0.3 is 15.1 Å². The van der Waals surface area contributed by atoms with E-state index in [9.17, 15) is 4.79 Å². The van der Waals surface area contributed by atoms with E-state index in [1.54, 1.807) is 0 Å². The highest BCUT2D eigenvalue weighted by molar-refractivity contribution is 6.99. The van der Waals surface area contributed by atoms with E-state index < -0.39 is 8.32 Å². The summed E-state index contributed by atoms with van der Waals surface area (Å²) in [5.74, 6) is 0. The van der Waals surface area contributed by atoms with E-state index >= 15 is 0 Å². The number of benzene rings is 3. The number of anilines is 2. The molecule has 0 spiro atoms. The zero-order valence-corrected chi connectivity index (χ0v) is 22.3. The van der Waals surface area contributed by atoms with Crippen molar-refractivity contribution in [1.82, 2.24) is 4.90 Å². The number of carbonyl (C=O) groups is 1. The Bertz CT molecular complexity index is 1110. The molecule has 4 rings (SSSR count). The molecule has 1 fully saturated rings. The summed E-state index contributed by atoms with van der Waals surface area (Å²) in [5, 5.41) is 2.42. The standard InChI is InChI=1S/C29H37N3O2Si/c1-23-22-24(30)16-17-27(23)32-19-11-18-31(28(32)33)20-21-34-35(29(2,3)4,25-12-7-5-8-13-25)26-14-9-6-10-15-26/h5-10,12-17,22H,11,18-21,30H2,1-4H3. The van der Waals surface area contributed by atoms with Crippen LogP contribution in [0.3, 0.4) is 0 Å². The Morgan fingerprint density at radius 2 is 1.51 bits per heavy atom. The van der Waals surface area contributed by atoms with Crippen LogP contribution in [0.25, 0.3) is 0 Å². The van der Waals surface area contributed by atoms with Gasteiger partial charge in [-0.15, -0.1) is 0 Å². The summed E-state index contributed by atoms with van der Waals surface area (Å²) in [6.45, 7) is 11.3. The van der Waals surface area contributed by atoms with Gasteiger partial charge in [0, 0.05) is 31.0 Å². The summed E-state index contributed by atoms with van der Waals surface area (Å²) >= 11 is 0. The third-order valence-electron chi connectivity index (χ3n) is 6.92. The van der Waals surface area contributed by atoms with Gasteiger partial charge in [0.2, 0.25) is 0 Å². The number of nitrogen functional groups attached to an aromatic ring is 1. The number of amides is 2. The van der Waals surface area contributed by atoms with Crippen LogP contribution in [0.15, 0.2) is 78.9 Å². The molecule has 0 aliphatic carbocycles. The van der Waals surface area contributed by atoms with Gasteiger partial charge in [-0.05, 0) is 52.5 Å². The lowest BCUT2D eigenvalue weighted by molar-refractivity contribution is 0.177. The smallest absolute Gasteiger partial charge is 0.324 e. The van der Waals surface area contributed by atoms with Gasteiger partial charge in [0.05, 0.1) is 6.61 Å². The molecule has 1 aliphatic heterocycles. The second-order valence-electron chi connectivity index (χ2n) is 10.3. The molecule has 6 heteroatoms. The Morgan fingerprint density at radius 1 is 0.914 bits per heavy atom. The Morgan fingerprint density at radius 3 is 2.06 bits per heavy atom. The van der Waals surface area contributed by atoms with Gasteiger partial charge in [-0.2, -0.15) is 0 Å². The van der Waals surface area contributed by atoms with E-state index in [1.807, 2.05) is 34.9 Å². The van der Waals surface area contributed by atoms with E-state index in [0.29, 0.717) is 18.8 Å². The summed E-state index contributed by atoms with van der Waals surface area (Å²) < 4.78 is 7.01. The SMILES string of the molecule is Cc1cc(N)ccc1N1CCCN(CCO[Si](c2ccccc2)(c2ccccc2)C(C)(C)C)C1=O. The van der Waals surface area contributed by atoms with E-state index in [-0.39, 0.29) is 11.1 Å². The third kappa shape index (κ3) is 4.99. The Labute approximate surface area is 210 Å². The summed E-state index contributed by atoms with van der Waals surface area (Å²) in [7, 11) is -2.62. The van der Waals surface area contributed by atoms with E-state index in [1.165, 1.54) is 10.4 Å². The summed E-state index contributed by atoms with van der Waals surface area (Å²) in [6.07, 6.45) is 0.925. The molecular formula is C29H37N3O2Si. The van der Waals surface area contributed by atoms with Crippen LogP contribution in [-0.2, 0) is 4.43 Å². The van der Waals surface area contributed by atoms with Crippen molar-refractivity contribution in [2.75, 3.05) is 36.9 Å². The molecular weight excluding hydrogens is 450 g/mol. The first-order chi connectivity index (χ1) is 16.7. The van der Waals surface area contributed by atoms with Crippen molar-refractivity contribution in [2.24, 2.45) is 0 Å². The predicted molar refractivity (Wildman–Crippen MR) is 148 cm³/mol. The lowest BCUT2D eigenvalue weighted by Crippen LogP contribution is -2.67. The maximum atomic E-state index is 13.4. The minimum atomic E-state index is -2.62. The van der Waals surface area contributed by atoms with Crippen LogP contribution in [-0.4, -0.2) is 45.5 Å².